The van der Waals surface area contributed by atoms with Crippen LogP contribution in [0.2, 0.25) is 0 Å². The van der Waals surface area contributed by atoms with E-state index in [1.165, 1.54) is 18.2 Å². The lowest BCUT2D eigenvalue weighted by atomic mass is 10.2. The molecule has 1 amide bonds. The van der Waals surface area contributed by atoms with Crippen molar-refractivity contribution in [1.82, 2.24) is 9.97 Å². The minimum absolute atomic E-state index is 0.0146. The molecule has 1 aromatic carbocycles. The number of hydrogen-bond donors (Lipinski definition) is 2. The zero-order chi connectivity index (χ0) is 16.8. The molecule has 0 aliphatic heterocycles. The summed E-state index contributed by atoms with van der Waals surface area (Å²) in [6.45, 7) is 0.644. The number of benzene rings is 1. The van der Waals surface area contributed by atoms with E-state index in [-0.39, 0.29) is 5.56 Å². The number of anilines is 2. The van der Waals surface area contributed by atoms with Gasteiger partial charge in [-0.05, 0) is 42.0 Å². The smallest absolute Gasteiger partial charge is 0.259 e. The van der Waals surface area contributed by atoms with E-state index < -0.39 is 11.7 Å². The predicted molar refractivity (Wildman–Crippen MR) is 90.2 cm³/mol. The second-order valence-electron chi connectivity index (χ2n) is 5.08. The Labute approximate surface area is 138 Å². The molecule has 120 valence electrons. The number of aromatic nitrogens is 2. The first kappa shape index (κ1) is 15.6. The maximum atomic E-state index is 13.6. The Hall–Kier alpha value is -3.28. The second kappa shape index (κ2) is 7.32. The number of nitrogens with zero attached hydrogens (tertiary/aromatic N) is 2. The lowest BCUT2D eigenvalue weighted by molar-refractivity contribution is 0.102. The van der Waals surface area contributed by atoms with Crippen LogP contribution in [0.5, 0.6) is 0 Å². The maximum absolute atomic E-state index is 13.6. The number of hydrogen-bond acceptors (Lipinski definition) is 4. The van der Waals surface area contributed by atoms with Crippen molar-refractivity contribution >= 4 is 17.4 Å². The van der Waals surface area contributed by atoms with Gasteiger partial charge in [0.1, 0.15) is 11.6 Å². The van der Waals surface area contributed by atoms with Gasteiger partial charge in [0.15, 0.2) is 0 Å². The van der Waals surface area contributed by atoms with Gasteiger partial charge in [-0.1, -0.05) is 12.1 Å². The first-order valence-electron chi connectivity index (χ1n) is 7.37. The Kier molecular flexibility index (Phi) is 4.76. The van der Waals surface area contributed by atoms with Crippen LogP contribution in [-0.4, -0.2) is 15.9 Å². The van der Waals surface area contributed by atoms with Crippen molar-refractivity contribution in [3.8, 4) is 0 Å². The summed E-state index contributed by atoms with van der Waals surface area (Å²) in [6, 6.07) is 13.1. The summed E-state index contributed by atoms with van der Waals surface area (Å²) < 4.78 is 13.6. The van der Waals surface area contributed by atoms with E-state index in [0.29, 0.717) is 12.4 Å². The van der Waals surface area contributed by atoms with Gasteiger partial charge in [-0.3, -0.25) is 9.78 Å². The number of amides is 1. The largest absolute Gasteiger partial charge is 0.380 e. The highest BCUT2D eigenvalue weighted by Gasteiger charge is 2.11. The Balaban J connectivity index is 1.60. The van der Waals surface area contributed by atoms with Gasteiger partial charge in [0, 0.05) is 18.9 Å². The minimum Gasteiger partial charge on any atom is -0.380 e. The molecule has 0 unspecified atom stereocenters. The van der Waals surface area contributed by atoms with Crippen LogP contribution >= 0.6 is 0 Å². The summed E-state index contributed by atoms with van der Waals surface area (Å²) in [6.07, 6.45) is 5.07. The molecule has 2 heterocycles. The standard InChI is InChI=1S/C18H15FN4O/c19-16-4-2-1-3-15(16)18(24)23-17-6-5-14(12-22-17)21-11-13-7-9-20-10-8-13/h1-10,12,21H,11H2,(H,22,23,24). The molecule has 2 N–H and O–H groups in total. The van der Waals surface area contributed by atoms with Gasteiger partial charge in [-0.25, -0.2) is 9.37 Å². The molecule has 0 saturated carbocycles. The summed E-state index contributed by atoms with van der Waals surface area (Å²) in [5.41, 5.74) is 1.90. The molecule has 0 spiro atoms. The van der Waals surface area contributed by atoms with Crippen molar-refractivity contribution in [2.24, 2.45) is 0 Å². The van der Waals surface area contributed by atoms with E-state index in [2.05, 4.69) is 20.6 Å². The quantitative estimate of drug-likeness (QED) is 0.755. The third-order valence-electron chi connectivity index (χ3n) is 3.37. The third-order valence-corrected chi connectivity index (χ3v) is 3.37. The van der Waals surface area contributed by atoms with Gasteiger partial charge in [0.25, 0.3) is 5.91 Å². The van der Waals surface area contributed by atoms with E-state index in [1.807, 2.05) is 12.1 Å². The summed E-state index contributed by atoms with van der Waals surface area (Å²) in [4.78, 5) is 20.1. The van der Waals surface area contributed by atoms with Crippen molar-refractivity contribution in [3.05, 3.63) is 84.1 Å². The van der Waals surface area contributed by atoms with Crippen molar-refractivity contribution in [2.45, 2.75) is 6.54 Å². The summed E-state index contributed by atoms with van der Waals surface area (Å²) in [5.74, 6) is -0.735. The van der Waals surface area contributed by atoms with E-state index >= 15 is 0 Å². The van der Waals surface area contributed by atoms with Crippen LogP contribution in [0.15, 0.2) is 67.1 Å². The van der Waals surface area contributed by atoms with Crippen molar-refractivity contribution < 1.29 is 9.18 Å². The van der Waals surface area contributed by atoms with Gasteiger partial charge >= 0.3 is 0 Å². The summed E-state index contributed by atoms with van der Waals surface area (Å²) in [7, 11) is 0. The molecule has 0 radical (unpaired) electrons. The van der Waals surface area contributed by atoms with Gasteiger partial charge < -0.3 is 10.6 Å². The second-order valence-corrected chi connectivity index (χ2v) is 5.08. The van der Waals surface area contributed by atoms with Crippen LogP contribution in [0.4, 0.5) is 15.9 Å². The number of carbonyl (C=O) groups is 1. The Bertz CT molecular complexity index is 822. The van der Waals surface area contributed by atoms with E-state index in [4.69, 9.17) is 0 Å². The van der Waals surface area contributed by atoms with Gasteiger partial charge in [-0.15, -0.1) is 0 Å². The summed E-state index contributed by atoms with van der Waals surface area (Å²) in [5, 5.41) is 5.79. The average Bonchev–Trinajstić information content (AvgIpc) is 2.62. The predicted octanol–water partition coefficient (Wildman–Crippen LogP) is 3.48. The molecule has 2 aromatic heterocycles. The number of pyridine rings is 2. The molecule has 24 heavy (non-hydrogen) atoms. The molecule has 0 atom stereocenters. The molecule has 6 heteroatoms. The van der Waals surface area contributed by atoms with Crippen molar-refractivity contribution in [2.75, 3.05) is 10.6 Å². The summed E-state index contributed by atoms with van der Waals surface area (Å²) >= 11 is 0. The van der Waals surface area contributed by atoms with E-state index in [9.17, 15) is 9.18 Å². The van der Waals surface area contributed by atoms with Gasteiger partial charge in [0.2, 0.25) is 0 Å². The molecule has 3 rings (SSSR count). The van der Waals surface area contributed by atoms with Gasteiger partial charge in [-0.2, -0.15) is 0 Å². The monoisotopic (exact) mass is 322 g/mol. The SMILES string of the molecule is O=C(Nc1ccc(NCc2ccncc2)cn1)c1ccccc1F. The number of halogens is 1. The van der Waals surface area contributed by atoms with E-state index in [1.54, 1.807) is 36.8 Å². The Morgan fingerprint density at radius 1 is 1.04 bits per heavy atom. The van der Waals surface area contributed by atoms with Crippen LogP contribution in [0.3, 0.4) is 0 Å². The molecular weight excluding hydrogens is 307 g/mol. The number of nitrogens with one attached hydrogen (secondary N) is 2. The van der Waals surface area contributed by atoms with Crippen molar-refractivity contribution in [3.63, 3.8) is 0 Å². The molecule has 0 aliphatic carbocycles. The zero-order valence-electron chi connectivity index (χ0n) is 12.7. The molecule has 3 aromatic rings. The molecule has 0 saturated heterocycles. The fourth-order valence-electron chi connectivity index (χ4n) is 2.11. The highest BCUT2D eigenvalue weighted by atomic mass is 19.1. The van der Waals surface area contributed by atoms with Crippen molar-refractivity contribution in [1.29, 1.82) is 0 Å². The highest BCUT2D eigenvalue weighted by Crippen LogP contribution is 2.13. The minimum atomic E-state index is -0.564. The lowest BCUT2D eigenvalue weighted by Crippen LogP contribution is -2.14. The fraction of sp³-hybridized carbons (Fsp3) is 0.0556. The number of rotatable bonds is 5. The molecule has 5 nitrogen and oxygen atoms in total. The third kappa shape index (κ3) is 3.92. The Morgan fingerprint density at radius 2 is 1.83 bits per heavy atom. The molecule has 0 bridgehead atoms. The van der Waals surface area contributed by atoms with Crippen LogP contribution in [0, 0.1) is 5.82 Å². The number of carbonyl (C=O) groups excluding carboxylic acids is 1. The highest BCUT2D eigenvalue weighted by molar-refractivity contribution is 6.03. The molecule has 0 aliphatic rings. The van der Waals surface area contributed by atoms with Crippen LogP contribution in [-0.2, 0) is 6.54 Å². The van der Waals surface area contributed by atoms with Gasteiger partial charge in [0.05, 0.1) is 17.4 Å². The average molecular weight is 322 g/mol. The maximum Gasteiger partial charge on any atom is 0.259 e. The van der Waals surface area contributed by atoms with Crippen LogP contribution in [0.1, 0.15) is 15.9 Å². The first-order chi connectivity index (χ1) is 11.7. The van der Waals surface area contributed by atoms with E-state index in [0.717, 1.165) is 11.3 Å². The lowest BCUT2D eigenvalue weighted by Gasteiger charge is -2.08. The molecule has 0 fully saturated rings. The fourth-order valence-corrected chi connectivity index (χ4v) is 2.11. The zero-order valence-corrected chi connectivity index (χ0v) is 12.7. The first-order valence-corrected chi connectivity index (χ1v) is 7.37. The normalized spacial score (nSPS) is 10.2. The Morgan fingerprint density at radius 3 is 2.54 bits per heavy atom. The van der Waals surface area contributed by atoms with Crippen LogP contribution < -0.4 is 10.6 Å². The van der Waals surface area contributed by atoms with Crippen LogP contribution in [0.25, 0.3) is 0 Å². The molecular formula is C18H15FN4O. The topological polar surface area (TPSA) is 66.9 Å².